The Morgan fingerprint density at radius 3 is 1.88 bits per heavy atom. The highest BCUT2D eigenvalue weighted by Gasteiger charge is 2.17. The van der Waals surface area contributed by atoms with Crippen molar-refractivity contribution < 1.29 is 23.3 Å². The van der Waals surface area contributed by atoms with Gasteiger partial charge in [-0.2, -0.15) is 0 Å². The van der Waals surface area contributed by atoms with Gasteiger partial charge in [-0.1, -0.05) is 56.7 Å². The van der Waals surface area contributed by atoms with Crippen molar-refractivity contribution >= 4 is 22.8 Å². The summed E-state index contributed by atoms with van der Waals surface area (Å²) in [7, 11) is 1.78. The fourth-order valence-electron chi connectivity index (χ4n) is 3.90. The van der Waals surface area contributed by atoms with Gasteiger partial charge in [0, 0.05) is 37.3 Å². The number of aryl methyl sites for hydroxylation is 1. The molecule has 0 aliphatic carbocycles. The zero-order chi connectivity index (χ0) is 30.9. The van der Waals surface area contributed by atoms with Gasteiger partial charge >= 0.3 is 0 Å². The summed E-state index contributed by atoms with van der Waals surface area (Å²) in [5.74, 6) is 0.954. The lowest BCUT2D eigenvalue weighted by Gasteiger charge is -2.23. The van der Waals surface area contributed by atoms with Crippen LogP contribution >= 0.6 is 0 Å². The summed E-state index contributed by atoms with van der Waals surface area (Å²) < 4.78 is 25.5. The molecule has 228 valence electrons. The molecule has 9 heteroatoms. The number of rotatable bonds is 14. The fourth-order valence-corrected chi connectivity index (χ4v) is 5.30. The number of hydrogen-bond acceptors (Lipinski definition) is 5. The van der Waals surface area contributed by atoms with E-state index in [-0.39, 0.29) is 11.8 Å². The molecule has 0 bridgehead atoms. The Bertz CT molecular complexity index is 1270. The molecule has 8 nitrogen and oxygen atoms in total. The van der Waals surface area contributed by atoms with E-state index in [0.29, 0.717) is 66.0 Å². The van der Waals surface area contributed by atoms with Crippen molar-refractivity contribution in [2.45, 2.75) is 45.4 Å². The van der Waals surface area contributed by atoms with Gasteiger partial charge in [-0.3, -0.25) is 9.59 Å². The molecule has 0 heterocycles. The Kier molecular flexibility index (Phi) is 15.4. The molecule has 2 N–H and O–H groups in total. The second-order valence-electron chi connectivity index (χ2n) is 10.2. The predicted molar refractivity (Wildman–Crippen MR) is 170 cm³/mol. The molecule has 0 spiro atoms. The Labute approximate surface area is 253 Å². The summed E-state index contributed by atoms with van der Waals surface area (Å²) >= 11 is 0. The van der Waals surface area contributed by atoms with Gasteiger partial charge in [0.15, 0.2) is 0 Å². The lowest BCUT2D eigenvalue weighted by molar-refractivity contribution is 0.0952. The standard InChI is InChI=1S/C26H37N3O5S.C7H8/c1-6-12-27-25(30)20-15-21(17-23(16-20)34-5)26(31)28-13-7-14-29(18-19(2)3)35(32)24-10-8-22(33-4)9-11-24;1-7-5-3-2-4-6-7/h8-11,15-17,19H,6-7,12-14,18H2,1-5H3,(H,27,30)(H,28,31);2-6H,1H3. The van der Waals surface area contributed by atoms with Gasteiger partial charge in [0.05, 0.1) is 19.1 Å². The van der Waals surface area contributed by atoms with E-state index in [1.54, 1.807) is 49.6 Å². The molecule has 1 atom stereocenters. The molecule has 42 heavy (non-hydrogen) atoms. The highest BCUT2D eigenvalue weighted by molar-refractivity contribution is 7.82. The van der Waals surface area contributed by atoms with Crippen LogP contribution in [0.4, 0.5) is 0 Å². The van der Waals surface area contributed by atoms with Gasteiger partial charge in [0.25, 0.3) is 11.8 Å². The third-order valence-electron chi connectivity index (χ3n) is 6.08. The predicted octanol–water partition coefficient (Wildman–Crippen LogP) is 5.64. The number of hydrogen-bond donors (Lipinski definition) is 2. The average molecular weight is 596 g/mol. The summed E-state index contributed by atoms with van der Waals surface area (Å²) in [6.07, 6.45) is 1.44. The lowest BCUT2D eigenvalue weighted by Crippen LogP contribution is -2.33. The SMILES string of the molecule is CCCNC(=O)c1cc(OC)cc(C(=O)NCCCN(CC(C)C)S(=O)c2ccc(OC)cc2)c1.Cc1ccccc1. The largest absolute Gasteiger partial charge is 0.497 e. The normalized spacial score (nSPS) is 11.3. The highest BCUT2D eigenvalue weighted by Crippen LogP contribution is 2.19. The van der Waals surface area contributed by atoms with Crippen molar-refractivity contribution in [3.63, 3.8) is 0 Å². The molecular formula is C33H45N3O5S. The summed E-state index contributed by atoms with van der Waals surface area (Å²) in [4.78, 5) is 25.8. The zero-order valence-corrected chi connectivity index (χ0v) is 26.5. The molecule has 0 aliphatic rings. The highest BCUT2D eigenvalue weighted by atomic mass is 32.2. The third kappa shape index (κ3) is 12.0. The van der Waals surface area contributed by atoms with Gasteiger partial charge < -0.3 is 20.1 Å². The number of nitrogens with one attached hydrogen (secondary N) is 2. The van der Waals surface area contributed by atoms with Crippen LogP contribution < -0.4 is 20.1 Å². The van der Waals surface area contributed by atoms with Gasteiger partial charge in [0.2, 0.25) is 0 Å². The fraction of sp³-hybridized carbons (Fsp3) is 0.394. The molecule has 3 aromatic carbocycles. The molecule has 0 radical (unpaired) electrons. The van der Waals surface area contributed by atoms with E-state index in [9.17, 15) is 13.8 Å². The number of nitrogens with zero attached hydrogens (tertiary/aromatic N) is 1. The van der Waals surface area contributed by atoms with E-state index in [4.69, 9.17) is 9.47 Å². The van der Waals surface area contributed by atoms with Crippen LogP contribution in [0.5, 0.6) is 11.5 Å². The average Bonchev–Trinajstić information content (AvgIpc) is 3.01. The van der Waals surface area contributed by atoms with E-state index in [0.717, 1.165) is 6.42 Å². The minimum absolute atomic E-state index is 0.245. The van der Waals surface area contributed by atoms with E-state index >= 15 is 0 Å². The number of methoxy groups -OCH3 is 2. The smallest absolute Gasteiger partial charge is 0.251 e. The molecule has 0 fully saturated rings. The number of ether oxygens (including phenoxy) is 2. The van der Waals surface area contributed by atoms with Crippen molar-refractivity contribution in [2.75, 3.05) is 40.4 Å². The minimum Gasteiger partial charge on any atom is -0.497 e. The quantitative estimate of drug-likeness (QED) is 0.235. The van der Waals surface area contributed by atoms with Crippen molar-refractivity contribution in [2.24, 2.45) is 5.92 Å². The van der Waals surface area contributed by atoms with Gasteiger partial charge in [-0.15, -0.1) is 0 Å². The number of carbonyl (C=O) groups is 2. The molecule has 0 aromatic heterocycles. The number of carbonyl (C=O) groups excluding carboxylic acids is 2. The van der Waals surface area contributed by atoms with E-state index in [2.05, 4.69) is 43.5 Å². The Balaban J connectivity index is 0.000000766. The van der Waals surface area contributed by atoms with Crippen LogP contribution in [0.15, 0.2) is 77.7 Å². The van der Waals surface area contributed by atoms with E-state index in [1.165, 1.54) is 12.7 Å². The summed E-state index contributed by atoms with van der Waals surface area (Å²) in [5, 5.41) is 5.70. The van der Waals surface area contributed by atoms with Gasteiger partial charge in [0.1, 0.15) is 22.5 Å². The molecule has 0 saturated heterocycles. The van der Waals surface area contributed by atoms with E-state index < -0.39 is 11.0 Å². The summed E-state index contributed by atoms with van der Waals surface area (Å²) in [5.41, 5.74) is 2.05. The number of benzene rings is 3. The second kappa shape index (κ2) is 18.7. The first-order valence-corrected chi connectivity index (χ1v) is 15.4. The maximum absolute atomic E-state index is 13.1. The molecule has 2 amide bonds. The van der Waals surface area contributed by atoms with Gasteiger partial charge in [-0.25, -0.2) is 8.51 Å². The van der Waals surface area contributed by atoms with Crippen LogP contribution in [0.1, 0.15) is 59.9 Å². The first kappa shape index (κ1) is 34.5. The molecule has 3 rings (SSSR count). The Hall–Kier alpha value is -3.69. The maximum Gasteiger partial charge on any atom is 0.251 e. The van der Waals surface area contributed by atoms with Crippen molar-refractivity contribution in [1.82, 2.24) is 14.9 Å². The van der Waals surface area contributed by atoms with Crippen LogP contribution in [0, 0.1) is 12.8 Å². The topological polar surface area (TPSA) is 97.0 Å². The second-order valence-corrected chi connectivity index (χ2v) is 11.7. The van der Waals surface area contributed by atoms with E-state index in [1.807, 2.05) is 29.4 Å². The van der Waals surface area contributed by atoms with Crippen LogP contribution in [0.2, 0.25) is 0 Å². The Morgan fingerprint density at radius 2 is 1.40 bits per heavy atom. The maximum atomic E-state index is 13.1. The lowest BCUT2D eigenvalue weighted by atomic mass is 10.1. The van der Waals surface area contributed by atoms with Crippen molar-refractivity contribution in [1.29, 1.82) is 0 Å². The molecule has 1 unspecified atom stereocenters. The number of amides is 2. The van der Waals surface area contributed by atoms with Crippen LogP contribution in [0.3, 0.4) is 0 Å². The summed E-state index contributed by atoms with van der Waals surface area (Å²) in [6, 6.07) is 22.3. The molecule has 3 aromatic rings. The first-order chi connectivity index (χ1) is 20.2. The van der Waals surface area contributed by atoms with Gasteiger partial charge in [-0.05, 0) is 68.1 Å². The first-order valence-electron chi connectivity index (χ1n) is 14.3. The third-order valence-corrected chi connectivity index (χ3v) is 7.55. The monoisotopic (exact) mass is 595 g/mol. The van der Waals surface area contributed by atoms with Crippen molar-refractivity contribution in [3.05, 3.63) is 89.5 Å². The molecular weight excluding hydrogens is 550 g/mol. The van der Waals surface area contributed by atoms with Crippen LogP contribution in [-0.4, -0.2) is 60.7 Å². The minimum atomic E-state index is -1.31. The molecule has 0 saturated carbocycles. The van der Waals surface area contributed by atoms with Crippen LogP contribution in [0.25, 0.3) is 0 Å². The van der Waals surface area contributed by atoms with Crippen molar-refractivity contribution in [3.8, 4) is 11.5 Å². The summed E-state index contributed by atoms with van der Waals surface area (Å²) in [6.45, 7) is 10.4. The Morgan fingerprint density at radius 1 is 0.833 bits per heavy atom. The molecule has 0 aliphatic heterocycles. The van der Waals surface area contributed by atoms with Crippen LogP contribution in [-0.2, 0) is 11.0 Å². The zero-order valence-electron chi connectivity index (χ0n) is 25.6.